The van der Waals surface area contributed by atoms with E-state index in [0.717, 1.165) is 29.5 Å². The van der Waals surface area contributed by atoms with E-state index in [-0.39, 0.29) is 0 Å². The van der Waals surface area contributed by atoms with Crippen molar-refractivity contribution in [1.82, 2.24) is 15.5 Å². The van der Waals surface area contributed by atoms with Gasteiger partial charge in [-0.05, 0) is 66.6 Å². The molecule has 0 amide bonds. The fourth-order valence-electron chi connectivity index (χ4n) is 4.39. The summed E-state index contributed by atoms with van der Waals surface area (Å²) in [5, 5.41) is 11.9. The van der Waals surface area contributed by atoms with E-state index >= 15 is 0 Å². The highest BCUT2D eigenvalue weighted by atomic mass is 16.3. The molecule has 0 radical (unpaired) electrons. The van der Waals surface area contributed by atoms with Crippen molar-refractivity contribution < 1.29 is 4.42 Å². The van der Waals surface area contributed by atoms with Crippen LogP contribution in [0.2, 0.25) is 0 Å². The predicted octanol–water partition coefficient (Wildman–Crippen LogP) is 5.11. The van der Waals surface area contributed by atoms with Crippen LogP contribution in [-0.4, -0.2) is 16.7 Å². The Kier molecular flexibility index (Phi) is 4.26. The van der Waals surface area contributed by atoms with Crippen molar-refractivity contribution in [3.8, 4) is 11.1 Å². The van der Waals surface area contributed by atoms with Gasteiger partial charge in [-0.3, -0.25) is 5.10 Å². The summed E-state index contributed by atoms with van der Waals surface area (Å²) in [5.41, 5.74) is 5.97. The summed E-state index contributed by atoms with van der Waals surface area (Å²) >= 11 is 0. The van der Waals surface area contributed by atoms with Crippen LogP contribution in [0.3, 0.4) is 0 Å². The minimum atomic E-state index is 0.391. The molecule has 0 spiro atoms. The van der Waals surface area contributed by atoms with Gasteiger partial charge in [0.05, 0.1) is 12.5 Å². The first-order valence-corrected chi connectivity index (χ1v) is 9.66. The molecule has 1 aliphatic rings. The van der Waals surface area contributed by atoms with Crippen LogP contribution in [0.4, 0.5) is 0 Å². The van der Waals surface area contributed by atoms with Crippen LogP contribution in [0, 0.1) is 5.92 Å². The Morgan fingerprint density at radius 1 is 1.07 bits per heavy atom. The molecule has 1 aliphatic heterocycles. The number of aromatic amines is 1. The molecule has 1 saturated heterocycles. The smallest absolute Gasteiger partial charge is 0.137 e. The Labute approximate surface area is 158 Å². The topological polar surface area (TPSA) is 53.9 Å². The number of aromatic nitrogens is 2. The average molecular weight is 357 g/mol. The molecule has 27 heavy (non-hydrogen) atoms. The average Bonchev–Trinajstić information content (AvgIpc) is 3.41. The molecule has 2 aromatic heterocycles. The summed E-state index contributed by atoms with van der Waals surface area (Å²) in [6, 6.07) is 17.7. The van der Waals surface area contributed by atoms with Crippen molar-refractivity contribution in [2.45, 2.75) is 25.3 Å². The molecule has 1 fully saturated rings. The third kappa shape index (κ3) is 3.17. The summed E-state index contributed by atoms with van der Waals surface area (Å²) in [6.45, 7) is 1.08. The van der Waals surface area contributed by atoms with Crippen molar-refractivity contribution >= 4 is 11.0 Å². The molecule has 4 nitrogen and oxygen atoms in total. The van der Waals surface area contributed by atoms with Crippen LogP contribution in [0.15, 0.2) is 71.6 Å². The van der Waals surface area contributed by atoms with Crippen molar-refractivity contribution in [2.75, 3.05) is 6.54 Å². The number of nitrogens with one attached hydrogen (secondary N) is 2. The second-order valence-corrected chi connectivity index (χ2v) is 7.41. The number of piperidine rings is 1. The summed E-state index contributed by atoms with van der Waals surface area (Å²) < 4.78 is 5.86. The highest BCUT2D eigenvalue weighted by Crippen LogP contribution is 2.35. The minimum absolute atomic E-state index is 0.391. The van der Waals surface area contributed by atoms with Gasteiger partial charge in [0, 0.05) is 23.2 Å². The quantitative estimate of drug-likeness (QED) is 0.534. The Balaban J connectivity index is 1.52. The fraction of sp³-hybridized carbons (Fsp3) is 0.261. The first-order chi connectivity index (χ1) is 13.4. The van der Waals surface area contributed by atoms with E-state index in [2.05, 4.69) is 64.0 Å². The lowest BCUT2D eigenvalue weighted by Crippen LogP contribution is -2.35. The van der Waals surface area contributed by atoms with Gasteiger partial charge in [-0.15, -0.1) is 0 Å². The van der Waals surface area contributed by atoms with Gasteiger partial charge in [0.15, 0.2) is 0 Å². The summed E-state index contributed by atoms with van der Waals surface area (Å²) in [5.74, 6) is 0.550. The van der Waals surface area contributed by atoms with Crippen molar-refractivity contribution in [3.63, 3.8) is 0 Å². The highest BCUT2D eigenvalue weighted by Gasteiger charge is 2.27. The number of benzene rings is 2. The van der Waals surface area contributed by atoms with Gasteiger partial charge in [-0.25, -0.2) is 0 Å². The molecule has 4 heteroatoms. The summed E-state index contributed by atoms with van der Waals surface area (Å²) in [7, 11) is 0. The first kappa shape index (κ1) is 16.3. The molecule has 0 unspecified atom stereocenters. The van der Waals surface area contributed by atoms with Crippen LogP contribution in [0.1, 0.15) is 30.0 Å². The maximum Gasteiger partial charge on any atom is 0.137 e. The van der Waals surface area contributed by atoms with E-state index in [9.17, 15) is 0 Å². The van der Waals surface area contributed by atoms with E-state index in [1.807, 2.05) is 12.4 Å². The Hall–Kier alpha value is -2.85. The second kappa shape index (κ2) is 7.05. The van der Waals surface area contributed by atoms with Crippen LogP contribution in [0.25, 0.3) is 22.1 Å². The zero-order valence-corrected chi connectivity index (χ0v) is 15.2. The fourth-order valence-corrected chi connectivity index (χ4v) is 4.39. The van der Waals surface area contributed by atoms with Gasteiger partial charge < -0.3 is 9.73 Å². The second-order valence-electron chi connectivity index (χ2n) is 7.41. The maximum atomic E-state index is 5.86. The zero-order chi connectivity index (χ0) is 18.1. The van der Waals surface area contributed by atoms with Gasteiger partial charge in [0.1, 0.15) is 5.58 Å². The maximum absolute atomic E-state index is 5.86. The van der Waals surface area contributed by atoms with E-state index in [0.29, 0.717) is 12.0 Å². The molecular weight excluding hydrogens is 334 g/mol. The SMILES string of the molecule is c1ccc([C@H]2NCCC[C@@H]2Cc2cc(-c3cn[nH]c3)cc3ccoc23)cc1. The number of fused-ring (bicyclic) bond motifs is 1. The lowest BCUT2D eigenvalue weighted by molar-refractivity contribution is 0.282. The molecule has 0 saturated carbocycles. The molecule has 3 heterocycles. The lowest BCUT2D eigenvalue weighted by atomic mass is 9.81. The summed E-state index contributed by atoms with van der Waals surface area (Å²) in [6.07, 6.45) is 9.06. The van der Waals surface area contributed by atoms with Crippen molar-refractivity contribution in [3.05, 3.63) is 78.3 Å². The predicted molar refractivity (Wildman–Crippen MR) is 107 cm³/mol. The molecule has 4 aromatic rings. The standard InChI is InChI=1S/C23H23N3O/c1-2-5-16(6-3-1)22-17(7-4-9-24-22)11-20-13-19(21-14-25-26-15-21)12-18-8-10-27-23(18)20/h1-3,5-6,8,10,12-15,17,22,24H,4,7,9,11H2,(H,25,26)/t17-,22-/m1/s1. The van der Waals surface area contributed by atoms with Gasteiger partial charge in [0.25, 0.3) is 0 Å². The third-order valence-electron chi connectivity index (χ3n) is 5.69. The number of rotatable bonds is 4. The van der Waals surface area contributed by atoms with Crippen LogP contribution in [-0.2, 0) is 6.42 Å². The molecule has 2 aromatic carbocycles. The first-order valence-electron chi connectivity index (χ1n) is 9.66. The number of hydrogen-bond donors (Lipinski definition) is 2. The number of H-pyrrole nitrogens is 1. The van der Waals surface area contributed by atoms with Crippen LogP contribution >= 0.6 is 0 Å². The largest absolute Gasteiger partial charge is 0.464 e. The van der Waals surface area contributed by atoms with Gasteiger partial charge in [-0.2, -0.15) is 5.10 Å². The minimum Gasteiger partial charge on any atom is -0.464 e. The van der Waals surface area contributed by atoms with Gasteiger partial charge >= 0.3 is 0 Å². The van der Waals surface area contributed by atoms with Gasteiger partial charge in [0.2, 0.25) is 0 Å². The Morgan fingerprint density at radius 2 is 2.00 bits per heavy atom. The number of nitrogens with zero attached hydrogens (tertiary/aromatic N) is 1. The van der Waals surface area contributed by atoms with Gasteiger partial charge in [-0.1, -0.05) is 30.3 Å². The van der Waals surface area contributed by atoms with E-state index in [1.165, 1.54) is 29.5 Å². The number of furan rings is 1. The molecule has 136 valence electrons. The van der Waals surface area contributed by atoms with Crippen LogP contribution in [0.5, 0.6) is 0 Å². The molecule has 5 rings (SSSR count). The lowest BCUT2D eigenvalue weighted by Gasteiger charge is -2.33. The van der Waals surface area contributed by atoms with E-state index < -0.39 is 0 Å². The summed E-state index contributed by atoms with van der Waals surface area (Å²) in [4.78, 5) is 0. The van der Waals surface area contributed by atoms with Crippen molar-refractivity contribution in [1.29, 1.82) is 0 Å². The Morgan fingerprint density at radius 3 is 2.85 bits per heavy atom. The Bertz CT molecular complexity index is 1020. The number of hydrogen-bond acceptors (Lipinski definition) is 3. The molecule has 2 N–H and O–H groups in total. The molecule has 0 aliphatic carbocycles. The normalized spacial score (nSPS) is 20.1. The third-order valence-corrected chi connectivity index (χ3v) is 5.69. The molecular formula is C23H23N3O. The molecule has 2 atom stereocenters. The van der Waals surface area contributed by atoms with E-state index in [1.54, 1.807) is 6.26 Å². The van der Waals surface area contributed by atoms with Crippen molar-refractivity contribution in [2.24, 2.45) is 5.92 Å². The highest BCUT2D eigenvalue weighted by molar-refractivity contribution is 5.86. The zero-order valence-electron chi connectivity index (χ0n) is 15.2. The van der Waals surface area contributed by atoms with E-state index in [4.69, 9.17) is 4.42 Å². The molecule has 0 bridgehead atoms. The van der Waals surface area contributed by atoms with Crippen LogP contribution < -0.4 is 5.32 Å². The monoisotopic (exact) mass is 357 g/mol.